The van der Waals surface area contributed by atoms with Gasteiger partial charge in [0.25, 0.3) is 0 Å². The van der Waals surface area contributed by atoms with Crippen molar-refractivity contribution < 1.29 is 0 Å². The van der Waals surface area contributed by atoms with Crippen LogP contribution in [-0.2, 0) is 6.54 Å². The number of rotatable bonds is 10. The summed E-state index contributed by atoms with van der Waals surface area (Å²) in [6.07, 6.45) is 12.1. The van der Waals surface area contributed by atoms with E-state index < -0.39 is 0 Å². The highest BCUT2D eigenvalue weighted by molar-refractivity contribution is 4.88. The van der Waals surface area contributed by atoms with Crippen molar-refractivity contribution in [2.75, 3.05) is 13.1 Å². The van der Waals surface area contributed by atoms with Crippen LogP contribution in [0.2, 0.25) is 0 Å². The Morgan fingerprint density at radius 2 is 1.88 bits per heavy atom. The van der Waals surface area contributed by atoms with Crippen molar-refractivity contribution in [2.24, 2.45) is 0 Å². The molecule has 0 fully saturated rings. The molecule has 1 N–H and O–H groups in total. The van der Waals surface area contributed by atoms with Crippen molar-refractivity contribution in [3.8, 4) is 0 Å². The van der Waals surface area contributed by atoms with Gasteiger partial charge in [-0.1, -0.05) is 39.0 Å². The minimum Gasteiger partial charge on any atom is -0.334 e. The van der Waals surface area contributed by atoms with Crippen LogP contribution in [0.5, 0.6) is 0 Å². The van der Waals surface area contributed by atoms with Crippen molar-refractivity contribution in [3.05, 3.63) is 18.2 Å². The summed E-state index contributed by atoms with van der Waals surface area (Å²) in [5.74, 6) is 1.10. The number of nitrogens with zero attached hydrogens (tertiary/aromatic N) is 2. The molecule has 1 rings (SSSR count). The standard InChI is InChI=1S/C14H27N3/c1-3-4-5-6-7-8-9-15-10-12-17-13-11-16-14(17)2/h11,13,15H,3-10,12H2,1-2H3. The summed E-state index contributed by atoms with van der Waals surface area (Å²) in [7, 11) is 0. The Bertz CT molecular complexity index is 281. The monoisotopic (exact) mass is 237 g/mol. The largest absolute Gasteiger partial charge is 0.334 e. The Morgan fingerprint density at radius 1 is 1.12 bits per heavy atom. The van der Waals surface area contributed by atoms with Gasteiger partial charge in [0.2, 0.25) is 0 Å². The summed E-state index contributed by atoms with van der Waals surface area (Å²) in [4.78, 5) is 4.21. The highest BCUT2D eigenvalue weighted by Crippen LogP contribution is 2.03. The predicted molar refractivity (Wildman–Crippen MR) is 73.2 cm³/mol. The van der Waals surface area contributed by atoms with Crippen LogP contribution in [0.15, 0.2) is 12.4 Å². The number of imidazole rings is 1. The summed E-state index contributed by atoms with van der Waals surface area (Å²) in [5.41, 5.74) is 0. The molecular weight excluding hydrogens is 210 g/mol. The van der Waals surface area contributed by atoms with Crippen LogP contribution in [0, 0.1) is 6.92 Å². The third kappa shape index (κ3) is 6.47. The van der Waals surface area contributed by atoms with E-state index in [0.717, 1.165) is 25.5 Å². The topological polar surface area (TPSA) is 29.9 Å². The van der Waals surface area contributed by atoms with E-state index in [9.17, 15) is 0 Å². The van der Waals surface area contributed by atoms with Gasteiger partial charge in [0.15, 0.2) is 0 Å². The third-order valence-electron chi connectivity index (χ3n) is 3.16. The molecule has 1 aromatic heterocycles. The first kappa shape index (κ1) is 14.2. The second kappa shape index (κ2) is 9.23. The quantitative estimate of drug-likeness (QED) is 0.634. The van der Waals surface area contributed by atoms with Crippen LogP contribution in [0.25, 0.3) is 0 Å². The smallest absolute Gasteiger partial charge is 0.105 e. The number of hydrogen-bond acceptors (Lipinski definition) is 2. The van der Waals surface area contributed by atoms with Gasteiger partial charge in [-0.3, -0.25) is 0 Å². The maximum absolute atomic E-state index is 4.21. The number of hydrogen-bond donors (Lipinski definition) is 1. The van der Waals surface area contributed by atoms with Crippen molar-refractivity contribution in [1.82, 2.24) is 14.9 Å². The number of aromatic nitrogens is 2. The fourth-order valence-electron chi connectivity index (χ4n) is 1.99. The van der Waals surface area contributed by atoms with E-state index in [1.54, 1.807) is 0 Å². The average Bonchev–Trinajstić information content (AvgIpc) is 2.73. The summed E-state index contributed by atoms with van der Waals surface area (Å²) in [5, 5.41) is 3.49. The van der Waals surface area contributed by atoms with Gasteiger partial charge >= 0.3 is 0 Å². The van der Waals surface area contributed by atoms with E-state index in [2.05, 4.69) is 21.8 Å². The van der Waals surface area contributed by atoms with E-state index in [-0.39, 0.29) is 0 Å². The first-order valence-electron chi connectivity index (χ1n) is 7.03. The summed E-state index contributed by atoms with van der Waals surface area (Å²) in [6.45, 7) is 7.54. The molecule has 0 atom stereocenters. The van der Waals surface area contributed by atoms with Gasteiger partial charge in [-0.25, -0.2) is 4.98 Å². The van der Waals surface area contributed by atoms with Crippen LogP contribution in [0.3, 0.4) is 0 Å². The molecule has 0 aliphatic rings. The fourth-order valence-corrected chi connectivity index (χ4v) is 1.99. The zero-order valence-electron chi connectivity index (χ0n) is 11.4. The van der Waals surface area contributed by atoms with Crippen molar-refractivity contribution >= 4 is 0 Å². The molecule has 0 aromatic carbocycles. The average molecular weight is 237 g/mol. The minimum atomic E-state index is 1.03. The van der Waals surface area contributed by atoms with Crippen LogP contribution in [0.4, 0.5) is 0 Å². The van der Waals surface area contributed by atoms with Crippen molar-refractivity contribution in [3.63, 3.8) is 0 Å². The number of aryl methyl sites for hydroxylation is 1. The second-order valence-electron chi connectivity index (χ2n) is 4.69. The summed E-state index contributed by atoms with van der Waals surface area (Å²) >= 11 is 0. The first-order chi connectivity index (χ1) is 8.34. The molecule has 3 heteroatoms. The molecule has 98 valence electrons. The zero-order valence-corrected chi connectivity index (χ0v) is 11.4. The Balaban J connectivity index is 1.86. The van der Waals surface area contributed by atoms with Gasteiger partial charge in [0.1, 0.15) is 5.82 Å². The molecule has 0 bridgehead atoms. The highest BCUT2D eigenvalue weighted by Gasteiger charge is 1.95. The SMILES string of the molecule is CCCCCCCCNCCn1ccnc1C. The zero-order chi connectivity index (χ0) is 12.3. The molecule has 0 aliphatic carbocycles. The first-order valence-corrected chi connectivity index (χ1v) is 7.03. The highest BCUT2D eigenvalue weighted by atomic mass is 15.1. The molecule has 0 saturated heterocycles. The molecule has 0 saturated carbocycles. The van der Waals surface area contributed by atoms with Gasteiger partial charge in [0.05, 0.1) is 0 Å². The molecule has 1 heterocycles. The van der Waals surface area contributed by atoms with Gasteiger partial charge in [0, 0.05) is 25.5 Å². The van der Waals surface area contributed by atoms with Crippen LogP contribution < -0.4 is 5.32 Å². The predicted octanol–water partition coefficient (Wildman–Crippen LogP) is 3.14. The Labute approximate surface area is 106 Å². The Kier molecular flexibility index (Phi) is 7.72. The van der Waals surface area contributed by atoms with Crippen molar-refractivity contribution in [1.29, 1.82) is 0 Å². The molecule has 1 aromatic rings. The molecule has 3 nitrogen and oxygen atoms in total. The van der Waals surface area contributed by atoms with Gasteiger partial charge in [-0.15, -0.1) is 0 Å². The van der Waals surface area contributed by atoms with Crippen molar-refractivity contribution in [2.45, 2.75) is 58.9 Å². The molecule has 0 unspecified atom stereocenters. The third-order valence-corrected chi connectivity index (χ3v) is 3.16. The van der Waals surface area contributed by atoms with Gasteiger partial charge in [-0.2, -0.15) is 0 Å². The van der Waals surface area contributed by atoms with E-state index in [4.69, 9.17) is 0 Å². The Morgan fingerprint density at radius 3 is 2.59 bits per heavy atom. The van der Waals surface area contributed by atoms with Gasteiger partial charge in [-0.05, 0) is 19.9 Å². The lowest BCUT2D eigenvalue weighted by atomic mass is 10.1. The lowest BCUT2D eigenvalue weighted by molar-refractivity contribution is 0.545. The molecule has 17 heavy (non-hydrogen) atoms. The lowest BCUT2D eigenvalue weighted by Crippen LogP contribution is -2.21. The number of unbranched alkanes of at least 4 members (excludes halogenated alkanes) is 5. The van der Waals surface area contributed by atoms with Crippen LogP contribution >= 0.6 is 0 Å². The summed E-state index contributed by atoms with van der Waals surface area (Å²) in [6, 6.07) is 0. The van der Waals surface area contributed by atoms with E-state index in [0.29, 0.717) is 0 Å². The number of nitrogens with one attached hydrogen (secondary N) is 1. The normalized spacial score (nSPS) is 10.9. The van der Waals surface area contributed by atoms with Crippen LogP contribution in [-0.4, -0.2) is 22.6 Å². The summed E-state index contributed by atoms with van der Waals surface area (Å²) < 4.78 is 2.19. The fraction of sp³-hybridized carbons (Fsp3) is 0.786. The molecular formula is C14H27N3. The molecule has 0 aliphatic heterocycles. The van der Waals surface area contributed by atoms with E-state index >= 15 is 0 Å². The lowest BCUT2D eigenvalue weighted by Gasteiger charge is -2.07. The van der Waals surface area contributed by atoms with E-state index in [1.165, 1.54) is 38.5 Å². The Hall–Kier alpha value is -0.830. The van der Waals surface area contributed by atoms with Crippen LogP contribution in [0.1, 0.15) is 51.3 Å². The second-order valence-corrected chi connectivity index (χ2v) is 4.69. The van der Waals surface area contributed by atoms with Gasteiger partial charge < -0.3 is 9.88 Å². The molecule has 0 radical (unpaired) electrons. The molecule has 0 amide bonds. The maximum Gasteiger partial charge on any atom is 0.105 e. The maximum atomic E-state index is 4.21. The minimum absolute atomic E-state index is 1.03. The van der Waals surface area contributed by atoms with E-state index in [1.807, 2.05) is 19.3 Å². The molecule has 0 spiro atoms.